The zero-order valence-electron chi connectivity index (χ0n) is 11.5. The highest BCUT2D eigenvalue weighted by Gasteiger charge is 2.18. The molecule has 1 amide bonds. The van der Waals surface area contributed by atoms with Crippen molar-refractivity contribution in [3.05, 3.63) is 18.2 Å². The van der Waals surface area contributed by atoms with Crippen LogP contribution in [-0.4, -0.2) is 31.2 Å². The first-order valence-corrected chi connectivity index (χ1v) is 6.50. The van der Waals surface area contributed by atoms with E-state index in [1.54, 1.807) is 25.1 Å². The van der Waals surface area contributed by atoms with Crippen molar-refractivity contribution in [3.63, 3.8) is 0 Å². The number of anilines is 1. The number of amides is 1. The number of nitrogens with one attached hydrogen (secondary N) is 1. The molecule has 1 aliphatic heterocycles. The molecule has 6 nitrogen and oxygen atoms in total. The summed E-state index contributed by atoms with van der Waals surface area (Å²) in [6, 6.07) is 5.12. The van der Waals surface area contributed by atoms with E-state index >= 15 is 0 Å². The molecule has 1 N–H and O–H groups in total. The smallest absolute Gasteiger partial charge is 0.306 e. The molecule has 1 atom stereocenters. The largest absolute Gasteiger partial charge is 0.486 e. The van der Waals surface area contributed by atoms with Gasteiger partial charge in [0.05, 0.1) is 0 Å². The lowest BCUT2D eigenvalue weighted by atomic mass is 10.2. The molecule has 0 bridgehead atoms. The highest BCUT2D eigenvalue weighted by molar-refractivity contribution is 5.95. The van der Waals surface area contributed by atoms with Crippen molar-refractivity contribution in [1.82, 2.24) is 0 Å². The van der Waals surface area contributed by atoms with Gasteiger partial charge in [0, 0.05) is 18.2 Å². The Kier molecular flexibility index (Phi) is 4.45. The Balaban J connectivity index is 1.99. The normalized spacial score (nSPS) is 14.3. The summed E-state index contributed by atoms with van der Waals surface area (Å²) in [7, 11) is 0. The van der Waals surface area contributed by atoms with Crippen molar-refractivity contribution < 1.29 is 23.8 Å². The molecule has 1 aromatic carbocycles. The van der Waals surface area contributed by atoms with E-state index in [2.05, 4.69) is 5.32 Å². The minimum Gasteiger partial charge on any atom is -0.486 e. The van der Waals surface area contributed by atoms with E-state index in [0.29, 0.717) is 30.4 Å². The predicted molar refractivity (Wildman–Crippen MR) is 71.9 cm³/mol. The highest BCUT2D eigenvalue weighted by Crippen LogP contribution is 2.32. The molecule has 20 heavy (non-hydrogen) atoms. The van der Waals surface area contributed by atoms with Crippen molar-refractivity contribution >= 4 is 17.6 Å². The topological polar surface area (TPSA) is 73.9 Å². The zero-order chi connectivity index (χ0) is 14.5. The zero-order valence-corrected chi connectivity index (χ0v) is 11.5. The quantitative estimate of drug-likeness (QED) is 0.850. The third-order valence-corrected chi connectivity index (χ3v) is 2.78. The van der Waals surface area contributed by atoms with Crippen LogP contribution in [0.25, 0.3) is 0 Å². The Labute approximate surface area is 117 Å². The summed E-state index contributed by atoms with van der Waals surface area (Å²) in [5, 5.41) is 2.67. The lowest BCUT2D eigenvalue weighted by Gasteiger charge is -2.19. The van der Waals surface area contributed by atoms with Crippen molar-refractivity contribution in [3.8, 4) is 11.5 Å². The minimum atomic E-state index is -0.837. The van der Waals surface area contributed by atoms with Crippen LogP contribution >= 0.6 is 0 Å². The van der Waals surface area contributed by atoms with Crippen LogP contribution in [0.5, 0.6) is 11.5 Å². The van der Waals surface area contributed by atoms with Gasteiger partial charge in [-0.2, -0.15) is 0 Å². The van der Waals surface area contributed by atoms with Gasteiger partial charge in [0.2, 0.25) is 0 Å². The van der Waals surface area contributed by atoms with E-state index in [1.807, 2.05) is 0 Å². The first-order valence-electron chi connectivity index (χ1n) is 6.50. The molecule has 0 spiro atoms. The monoisotopic (exact) mass is 279 g/mol. The summed E-state index contributed by atoms with van der Waals surface area (Å²) in [6.45, 7) is 4.20. The van der Waals surface area contributed by atoms with E-state index in [-0.39, 0.29) is 12.3 Å². The Bertz CT molecular complexity index is 514. The predicted octanol–water partition coefficient (Wildman–Crippen LogP) is 1.74. The molecule has 108 valence electrons. The Morgan fingerprint density at radius 3 is 2.70 bits per heavy atom. The van der Waals surface area contributed by atoms with E-state index in [9.17, 15) is 9.59 Å². The van der Waals surface area contributed by atoms with Crippen LogP contribution in [0.2, 0.25) is 0 Å². The SMILES string of the molecule is CCC(=O)OC(C)C(=O)Nc1ccc2c(c1)OCCO2. The average Bonchev–Trinajstić information content (AvgIpc) is 2.46. The van der Waals surface area contributed by atoms with Gasteiger partial charge in [-0.3, -0.25) is 9.59 Å². The molecule has 6 heteroatoms. The first-order chi connectivity index (χ1) is 9.60. The number of carbonyl (C=O) groups is 2. The lowest BCUT2D eigenvalue weighted by Crippen LogP contribution is -2.29. The summed E-state index contributed by atoms with van der Waals surface area (Å²) in [5.41, 5.74) is 0.568. The standard InChI is InChI=1S/C14H17NO5/c1-3-13(16)20-9(2)14(17)15-10-4-5-11-12(8-10)19-7-6-18-11/h4-5,8-9H,3,6-7H2,1-2H3,(H,15,17). The molecular weight excluding hydrogens is 262 g/mol. The molecule has 1 heterocycles. The lowest BCUT2D eigenvalue weighted by molar-refractivity contribution is -0.152. The van der Waals surface area contributed by atoms with E-state index in [1.165, 1.54) is 6.92 Å². The number of carbonyl (C=O) groups excluding carboxylic acids is 2. The fourth-order valence-electron chi connectivity index (χ4n) is 1.70. The molecule has 1 aromatic rings. The second kappa shape index (κ2) is 6.27. The van der Waals surface area contributed by atoms with Gasteiger partial charge in [0.25, 0.3) is 5.91 Å². The van der Waals surface area contributed by atoms with Crippen LogP contribution in [0.4, 0.5) is 5.69 Å². The van der Waals surface area contributed by atoms with E-state index in [0.717, 1.165) is 0 Å². The highest BCUT2D eigenvalue weighted by atomic mass is 16.6. The number of hydrogen-bond donors (Lipinski definition) is 1. The van der Waals surface area contributed by atoms with Crippen LogP contribution in [0.1, 0.15) is 20.3 Å². The maximum absolute atomic E-state index is 11.9. The van der Waals surface area contributed by atoms with Crippen molar-refractivity contribution in [2.45, 2.75) is 26.4 Å². The van der Waals surface area contributed by atoms with Crippen molar-refractivity contribution in [2.75, 3.05) is 18.5 Å². The first kappa shape index (κ1) is 14.2. The molecular formula is C14H17NO5. The number of benzene rings is 1. The molecule has 1 unspecified atom stereocenters. The molecule has 0 aromatic heterocycles. The molecule has 0 radical (unpaired) electrons. The number of fused-ring (bicyclic) bond motifs is 1. The fourth-order valence-corrected chi connectivity index (χ4v) is 1.70. The number of rotatable bonds is 4. The third kappa shape index (κ3) is 3.40. The second-order valence-corrected chi connectivity index (χ2v) is 4.33. The van der Waals surface area contributed by atoms with Crippen LogP contribution < -0.4 is 14.8 Å². The summed E-state index contributed by atoms with van der Waals surface area (Å²) in [6.07, 6.45) is -0.600. The molecule has 2 rings (SSSR count). The van der Waals surface area contributed by atoms with Crippen LogP contribution in [-0.2, 0) is 14.3 Å². The van der Waals surface area contributed by atoms with Crippen molar-refractivity contribution in [2.24, 2.45) is 0 Å². The Hall–Kier alpha value is -2.24. The maximum Gasteiger partial charge on any atom is 0.306 e. The fraction of sp³-hybridized carbons (Fsp3) is 0.429. The van der Waals surface area contributed by atoms with Crippen LogP contribution in [0, 0.1) is 0 Å². The molecule has 0 saturated carbocycles. The van der Waals surface area contributed by atoms with Crippen LogP contribution in [0.15, 0.2) is 18.2 Å². The third-order valence-electron chi connectivity index (χ3n) is 2.78. The van der Waals surface area contributed by atoms with E-state index < -0.39 is 12.1 Å². The van der Waals surface area contributed by atoms with Gasteiger partial charge < -0.3 is 19.5 Å². The van der Waals surface area contributed by atoms with Gasteiger partial charge in [0.15, 0.2) is 17.6 Å². The summed E-state index contributed by atoms with van der Waals surface area (Å²) < 4.78 is 15.8. The van der Waals surface area contributed by atoms with Gasteiger partial charge in [-0.05, 0) is 19.1 Å². The maximum atomic E-state index is 11.9. The number of ether oxygens (including phenoxy) is 3. The molecule has 0 aliphatic carbocycles. The molecule has 1 aliphatic rings. The van der Waals surface area contributed by atoms with Crippen molar-refractivity contribution in [1.29, 1.82) is 0 Å². The Morgan fingerprint density at radius 1 is 1.30 bits per heavy atom. The summed E-state index contributed by atoms with van der Waals surface area (Å²) >= 11 is 0. The van der Waals surface area contributed by atoms with Gasteiger partial charge in [-0.1, -0.05) is 6.92 Å². The summed E-state index contributed by atoms with van der Waals surface area (Å²) in [5.74, 6) is 0.449. The summed E-state index contributed by atoms with van der Waals surface area (Å²) in [4.78, 5) is 23.0. The van der Waals surface area contributed by atoms with Gasteiger partial charge in [-0.25, -0.2) is 0 Å². The van der Waals surface area contributed by atoms with Gasteiger partial charge in [-0.15, -0.1) is 0 Å². The Morgan fingerprint density at radius 2 is 2.00 bits per heavy atom. The molecule has 0 fully saturated rings. The number of esters is 1. The molecule has 0 saturated heterocycles. The van der Waals surface area contributed by atoms with Gasteiger partial charge >= 0.3 is 5.97 Å². The minimum absolute atomic E-state index is 0.238. The van der Waals surface area contributed by atoms with E-state index in [4.69, 9.17) is 14.2 Å². The average molecular weight is 279 g/mol. The van der Waals surface area contributed by atoms with Crippen LogP contribution in [0.3, 0.4) is 0 Å². The van der Waals surface area contributed by atoms with Gasteiger partial charge in [0.1, 0.15) is 13.2 Å². The second-order valence-electron chi connectivity index (χ2n) is 4.33. The number of hydrogen-bond acceptors (Lipinski definition) is 5.